The highest BCUT2D eigenvalue weighted by Crippen LogP contribution is 2.28. The molecule has 150 valence electrons. The van der Waals surface area contributed by atoms with Crippen LogP contribution < -0.4 is 20.1 Å². The van der Waals surface area contributed by atoms with Gasteiger partial charge in [0.1, 0.15) is 11.5 Å². The van der Waals surface area contributed by atoms with Crippen LogP contribution in [0.4, 0.5) is 16.2 Å². The Morgan fingerprint density at radius 2 is 1.82 bits per heavy atom. The summed E-state index contributed by atoms with van der Waals surface area (Å²) >= 11 is 12.1. The summed E-state index contributed by atoms with van der Waals surface area (Å²) < 4.78 is 10.6. The number of piperidine rings is 1. The topological polar surface area (TPSA) is 62.8 Å². The highest BCUT2D eigenvalue weighted by Gasteiger charge is 2.24. The Labute approximate surface area is 174 Å². The predicted octanol–water partition coefficient (Wildman–Crippen LogP) is 5.12. The molecule has 2 aromatic carbocycles. The van der Waals surface area contributed by atoms with Crippen LogP contribution in [0.3, 0.4) is 0 Å². The van der Waals surface area contributed by atoms with Gasteiger partial charge in [-0.25, -0.2) is 4.79 Å². The third-order valence-electron chi connectivity index (χ3n) is 4.60. The number of anilines is 2. The SMILES string of the molecule is COc1cc(N[C@H]2CCCN(C(=O)Nc3cc(Cl)ccc3Cl)C2)cc(OC)c1. The number of carbonyl (C=O) groups excluding carboxylic acids is 1. The Morgan fingerprint density at radius 3 is 2.50 bits per heavy atom. The minimum Gasteiger partial charge on any atom is -0.497 e. The molecule has 6 nitrogen and oxygen atoms in total. The summed E-state index contributed by atoms with van der Waals surface area (Å²) in [6.07, 6.45) is 1.86. The molecule has 0 aromatic heterocycles. The van der Waals surface area contributed by atoms with Crippen LogP contribution in [0.2, 0.25) is 10.0 Å². The molecule has 1 saturated heterocycles. The fraction of sp³-hybridized carbons (Fsp3) is 0.350. The lowest BCUT2D eigenvalue weighted by atomic mass is 10.1. The van der Waals surface area contributed by atoms with Crippen molar-refractivity contribution < 1.29 is 14.3 Å². The van der Waals surface area contributed by atoms with E-state index in [1.807, 2.05) is 18.2 Å². The first-order valence-electron chi connectivity index (χ1n) is 8.99. The summed E-state index contributed by atoms with van der Waals surface area (Å²) in [4.78, 5) is 14.4. The minimum atomic E-state index is -0.195. The van der Waals surface area contributed by atoms with E-state index in [2.05, 4.69) is 10.6 Å². The molecule has 1 aliphatic heterocycles. The molecule has 1 aliphatic rings. The number of halogens is 2. The molecule has 2 aromatic rings. The van der Waals surface area contributed by atoms with Gasteiger partial charge in [-0.1, -0.05) is 23.2 Å². The van der Waals surface area contributed by atoms with Gasteiger partial charge < -0.3 is 25.0 Å². The van der Waals surface area contributed by atoms with Gasteiger partial charge >= 0.3 is 6.03 Å². The van der Waals surface area contributed by atoms with Crippen LogP contribution in [0.25, 0.3) is 0 Å². The van der Waals surface area contributed by atoms with E-state index in [4.69, 9.17) is 32.7 Å². The quantitative estimate of drug-likeness (QED) is 0.700. The summed E-state index contributed by atoms with van der Waals surface area (Å²) in [5, 5.41) is 7.29. The summed E-state index contributed by atoms with van der Waals surface area (Å²) in [6.45, 7) is 1.26. The number of likely N-dealkylation sites (tertiary alicyclic amines) is 1. The van der Waals surface area contributed by atoms with Gasteiger partial charge in [0.2, 0.25) is 0 Å². The van der Waals surface area contributed by atoms with Gasteiger partial charge in [0.15, 0.2) is 0 Å². The number of urea groups is 1. The van der Waals surface area contributed by atoms with E-state index in [9.17, 15) is 4.79 Å². The maximum atomic E-state index is 12.7. The highest BCUT2D eigenvalue weighted by atomic mass is 35.5. The van der Waals surface area contributed by atoms with Crippen LogP contribution in [0.1, 0.15) is 12.8 Å². The van der Waals surface area contributed by atoms with E-state index in [1.54, 1.807) is 37.3 Å². The van der Waals surface area contributed by atoms with Crippen LogP contribution >= 0.6 is 23.2 Å². The molecule has 2 amide bonds. The number of rotatable bonds is 5. The van der Waals surface area contributed by atoms with Crippen molar-refractivity contribution >= 4 is 40.6 Å². The van der Waals surface area contributed by atoms with Gasteiger partial charge in [-0.2, -0.15) is 0 Å². The molecule has 2 N–H and O–H groups in total. The fourth-order valence-electron chi connectivity index (χ4n) is 3.19. The monoisotopic (exact) mass is 423 g/mol. The second-order valence-electron chi connectivity index (χ2n) is 6.59. The first kappa shape index (κ1) is 20.4. The van der Waals surface area contributed by atoms with Gasteiger partial charge in [-0.05, 0) is 31.0 Å². The Hall–Kier alpha value is -2.31. The molecule has 0 bridgehead atoms. The Bertz CT molecular complexity index is 825. The molecule has 3 rings (SSSR count). The number of methoxy groups -OCH3 is 2. The second kappa shape index (κ2) is 9.26. The molecular formula is C20H23Cl2N3O3. The van der Waals surface area contributed by atoms with E-state index in [-0.39, 0.29) is 12.1 Å². The number of amides is 2. The van der Waals surface area contributed by atoms with Crippen molar-refractivity contribution in [1.29, 1.82) is 0 Å². The van der Waals surface area contributed by atoms with Crippen molar-refractivity contribution in [2.45, 2.75) is 18.9 Å². The smallest absolute Gasteiger partial charge is 0.321 e. The lowest BCUT2D eigenvalue weighted by molar-refractivity contribution is 0.196. The van der Waals surface area contributed by atoms with Crippen LogP contribution in [-0.4, -0.2) is 44.3 Å². The maximum absolute atomic E-state index is 12.7. The zero-order valence-corrected chi connectivity index (χ0v) is 17.3. The largest absolute Gasteiger partial charge is 0.497 e. The molecule has 0 aliphatic carbocycles. The van der Waals surface area contributed by atoms with Gasteiger partial charge in [0, 0.05) is 48.0 Å². The van der Waals surface area contributed by atoms with Crippen molar-refractivity contribution in [2.24, 2.45) is 0 Å². The standard InChI is InChI=1S/C20H23Cl2N3O3/c1-27-16-9-15(10-17(11-16)28-2)23-14-4-3-7-25(12-14)20(26)24-19-8-13(21)5-6-18(19)22/h5-6,8-11,14,23H,3-4,7,12H2,1-2H3,(H,24,26)/t14-/m0/s1. The number of ether oxygens (including phenoxy) is 2. The van der Waals surface area contributed by atoms with E-state index >= 15 is 0 Å². The lowest BCUT2D eigenvalue weighted by Crippen LogP contribution is -2.46. The average molecular weight is 424 g/mol. The minimum absolute atomic E-state index is 0.117. The maximum Gasteiger partial charge on any atom is 0.321 e. The number of benzene rings is 2. The van der Waals surface area contributed by atoms with E-state index in [0.29, 0.717) is 40.3 Å². The Balaban J connectivity index is 1.65. The lowest BCUT2D eigenvalue weighted by Gasteiger charge is -2.34. The zero-order chi connectivity index (χ0) is 20.1. The van der Waals surface area contributed by atoms with Crippen molar-refractivity contribution in [2.75, 3.05) is 37.9 Å². The van der Waals surface area contributed by atoms with Crippen LogP contribution in [-0.2, 0) is 0 Å². The Kier molecular flexibility index (Phi) is 6.75. The van der Waals surface area contributed by atoms with E-state index in [1.165, 1.54) is 0 Å². The molecular weight excluding hydrogens is 401 g/mol. The predicted molar refractivity (Wildman–Crippen MR) is 113 cm³/mol. The van der Waals surface area contributed by atoms with Gasteiger partial charge in [0.25, 0.3) is 0 Å². The third-order valence-corrected chi connectivity index (χ3v) is 5.17. The van der Waals surface area contributed by atoms with Crippen molar-refractivity contribution in [3.63, 3.8) is 0 Å². The van der Waals surface area contributed by atoms with Gasteiger partial charge in [0.05, 0.1) is 24.9 Å². The molecule has 1 heterocycles. The van der Waals surface area contributed by atoms with Crippen molar-refractivity contribution in [3.05, 3.63) is 46.4 Å². The number of carbonyl (C=O) groups is 1. The fourth-order valence-corrected chi connectivity index (χ4v) is 3.53. The number of hydrogen-bond acceptors (Lipinski definition) is 4. The first-order chi connectivity index (χ1) is 13.5. The number of nitrogens with one attached hydrogen (secondary N) is 2. The summed E-state index contributed by atoms with van der Waals surface area (Å²) in [7, 11) is 3.23. The molecule has 1 atom stereocenters. The zero-order valence-electron chi connectivity index (χ0n) is 15.8. The molecule has 0 unspecified atom stereocenters. The highest BCUT2D eigenvalue weighted by molar-refractivity contribution is 6.35. The van der Waals surface area contributed by atoms with Crippen molar-refractivity contribution in [1.82, 2.24) is 4.90 Å². The molecule has 8 heteroatoms. The third kappa shape index (κ3) is 5.14. The first-order valence-corrected chi connectivity index (χ1v) is 9.74. The Morgan fingerprint density at radius 1 is 1.11 bits per heavy atom. The molecule has 1 fully saturated rings. The van der Waals surface area contributed by atoms with Crippen LogP contribution in [0.5, 0.6) is 11.5 Å². The second-order valence-corrected chi connectivity index (χ2v) is 7.43. The number of nitrogens with zero attached hydrogens (tertiary/aromatic N) is 1. The van der Waals surface area contributed by atoms with Crippen LogP contribution in [0, 0.1) is 0 Å². The average Bonchev–Trinajstić information content (AvgIpc) is 2.70. The number of hydrogen-bond donors (Lipinski definition) is 2. The van der Waals surface area contributed by atoms with Gasteiger partial charge in [-0.3, -0.25) is 0 Å². The summed E-state index contributed by atoms with van der Waals surface area (Å²) in [5.74, 6) is 1.42. The van der Waals surface area contributed by atoms with Gasteiger partial charge in [-0.15, -0.1) is 0 Å². The molecule has 0 radical (unpaired) electrons. The molecule has 28 heavy (non-hydrogen) atoms. The van der Waals surface area contributed by atoms with Crippen molar-refractivity contribution in [3.8, 4) is 11.5 Å². The summed E-state index contributed by atoms with van der Waals surface area (Å²) in [5.41, 5.74) is 1.40. The summed E-state index contributed by atoms with van der Waals surface area (Å²) in [6, 6.07) is 10.6. The molecule has 0 saturated carbocycles. The van der Waals surface area contributed by atoms with Crippen LogP contribution in [0.15, 0.2) is 36.4 Å². The normalized spacial score (nSPS) is 16.4. The van der Waals surface area contributed by atoms with E-state index in [0.717, 1.165) is 18.5 Å². The van der Waals surface area contributed by atoms with E-state index < -0.39 is 0 Å². The molecule has 0 spiro atoms.